The summed E-state index contributed by atoms with van der Waals surface area (Å²) in [7, 11) is 3.45. The summed E-state index contributed by atoms with van der Waals surface area (Å²) >= 11 is 0. The first kappa shape index (κ1) is 8.90. The minimum Gasteiger partial charge on any atom is -0.351 e. The van der Waals surface area contributed by atoms with Crippen LogP contribution in [-0.2, 0) is 4.79 Å². The first-order chi connectivity index (χ1) is 4.52. The Kier molecular flexibility index (Phi) is 3.42. The quantitative estimate of drug-likeness (QED) is 0.509. The lowest BCUT2D eigenvalue weighted by atomic mass is 10.5. The smallest absolute Gasteiger partial charge is 0.318 e. The van der Waals surface area contributed by atoms with E-state index in [2.05, 4.69) is 5.73 Å². The normalized spacial score (nSPS) is 9.50. The summed E-state index contributed by atoms with van der Waals surface area (Å²) in [5, 5.41) is 1.93. The summed E-state index contributed by atoms with van der Waals surface area (Å²) in [5.74, 6) is -0.391. The molecule has 0 fully saturated rings. The fraction of sp³-hybridized carbons (Fsp3) is 0.600. The Morgan fingerprint density at radius 3 is 2.30 bits per heavy atom. The van der Waals surface area contributed by atoms with Crippen LogP contribution in [0, 0.1) is 0 Å². The third kappa shape index (κ3) is 5.04. The molecule has 0 saturated carbocycles. The van der Waals surface area contributed by atoms with E-state index in [1.54, 1.807) is 19.0 Å². The van der Waals surface area contributed by atoms with E-state index in [0.717, 1.165) is 0 Å². The Bertz CT molecular complexity index is 144. The van der Waals surface area contributed by atoms with Crippen molar-refractivity contribution in [2.45, 2.75) is 0 Å². The van der Waals surface area contributed by atoms with Gasteiger partial charge in [-0.3, -0.25) is 10.1 Å². The monoisotopic (exact) mass is 145 g/mol. The Balaban J connectivity index is 3.54. The van der Waals surface area contributed by atoms with Crippen molar-refractivity contribution < 1.29 is 9.59 Å². The van der Waals surface area contributed by atoms with Gasteiger partial charge in [0.1, 0.15) is 0 Å². The molecule has 0 saturated heterocycles. The van der Waals surface area contributed by atoms with Gasteiger partial charge in [0.25, 0.3) is 0 Å². The van der Waals surface area contributed by atoms with Gasteiger partial charge < -0.3 is 10.6 Å². The zero-order valence-electron chi connectivity index (χ0n) is 6.05. The second-order valence-corrected chi connectivity index (χ2v) is 2.15. The summed E-state index contributed by atoms with van der Waals surface area (Å²) in [6.45, 7) is 0.170. The molecule has 0 heterocycles. The molecule has 0 aromatic heterocycles. The van der Waals surface area contributed by atoms with E-state index in [4.69, 9.17) is 0 Å². The molecule has 0 spiro atoms. The second-order valence-electron chi connectivity index (χ2n) is 2.15. The molecule has 0 radical (unpaired) electrons. The third-order valence-electron chi connectivity index (χ3n) is 0.722. The van der Waals surface area contributed by atoms with Crippen LogP contribution in [0.1, 0.15) is 0 Å². The van der Waals surface area contributed by atoms with Crippen molar-refractivity contribution in [2.24, 2.45) is 5.73 Å². The second kappa shape index (κ2) is 3.84. The maximum Gasteiger partial charge on any atom is 0.318 e. The van der Waals surface area contributed by atoms with Crippen molar-refractivity contribution in [3.05, 3.63) is 0 Å². The zero-order valence-corrected chi connectivity index (χ0v) is 6.05. The van der Waals surface area contributed by atoms with Crippen LogP contribution in [0.3, 0.4) is 0 Å². The van der Waals surface area contributed by atoms with E-state index in [-0.39, 0.29) is 6.54 Å². The molecule has 10 heavy (non-hydrogen) atoms. The van der Waals surface area contributed by atoms with Gasteiger partial charge in [0, 0.05) is 0 Å². The molecule has 0 aliphatic heterocycles. The van der Waals surface area contributed by atoms with Crippen LogP contribution in [0.25, 0.3) is 0 Å². The van der Waals surface area contributed by atoms with Crippen LogP contribution >= 0.6 is 0 Å². The summed E-state index contributed by atoms with van der Waals surface area (Å²) in [6, 6.07) is -0.813. The summed E-state index contributed by atoms with van der Waals surface area (Å²) in [6.07, 6.45) is 0. The van der Waals surface area contributed by atoms with Crippen molar-refractivity contribution in [1.29, 1.82) is 0 Å². The molecule has 3 amide bonds. The minimum atomic E-state index is -0.813. The first-order valence-corrected chi connectivity index (χ1v) is 2.76. The Hall–Kier alpha value is -1.10. The lowest BCUT2D eigenvalue weighted by Crippen LogP contribution is -2.40. The van der Waals surface area contributed by atoms with E-state index in [1.165, 1.54) is 0 Å². The molecule has 58 valence electrons. The van der Waals surface area contributed by atoms with Crippen LogP contribution in [0.15, 0.2) is 0 Å². The van der Waals surface area contributed by atoms with E-state index in [9.17, 15) is 9.59 Å². The number of primary amides is 1. The number of urea groups is 1. The highest BCUT2D eigenvalue weighted by atomic mass is 16.2. The average molecular weight is 145 g/mol. The molecule has 0 atom stereocenters. The number of likely N-dealkylation sites (N-methyl/N-ethyl adjacent to an activating group) is 1. The maximum atomic E-state index is 10.6. The van der Waals surface area contributed by atoms with Gasteiger partial charge in [-0.2, -0.15) is 0 Å². The number of carbonyl (C=O) groups is 2. The SMILES string of the molecule is CN(C)CC(=O)NC(N)=O. The van der Waals surface area contributed by atoms with E-state index in [0.29, 0.717) is 0 Å². The fourth-order valence-corrected chi connectivity index (χ4v) is 0.464. The van der Waals surface area contributed by atoms with Crippen molar-refractivity contribution in [3.8, 4) is 0 Å². The summed E-state index contributed by atoms with van der Waals surface area (Å²) in [5.41, 5.74) is 4.68. The van der Waals surface area contributed by atoms with E-state index < -0.39 is 11.9 Å². The van der Waals surface area contributed by atoms with Crippen molar-refractivity contribution in [1.82, 2.24) is 10.2 Å². The summed E-state index contributed by atoms with van der Waals surface area (Å²) in [4.78, 5) is 22.3. The first-order valence-electron chi connectivity index (χ1n) is 2.76. The highest BCUT2D eigenvalue weighted by molar-refractivity contribution is 5.94. The highest BCUT2D eigenvalue weighted by Gasteiger charge is 2.03. The van der Waals surface area contributed by atoms with Gasteiger partial charge in [0.15, 0.2) is 0 Å². The van der Waals surface area contributed by atoms with Gasteiger partial charge in [-0.15, -0.1) is 0 Å². The van der Waals surface area contributed by atoms with Gasteiger partial charge in [0.2, 0.25) is 5.91 Å². The molecule has 3 N–H and O–H groups in total. The molecule has 0 bridgehead atoms. The molecule has 0 aromatic rings. The maximum absolute atomic E-state index is 10.6. The summed E-state index contributed by atoms with van der Waals surface area (Å²) < 4.78 is 0. The standard InChI is InChI=1S/C5H11N3O2/c1-8(2)3-4(9)7-5(6)10/h3H2,1-2H3,(H3,6,7,9,10). The molecule has 5 nitrogen and oxygen atoms in total. The van der Waals surface area contributed by atoms with E-state index >= 15 is 0 Å². The lowest BCUT2D eigenvalue weighted by molar-refractivity contribution is -0.120. The Morgan fingerprint density at radius 2 is 2.00 bits per heavy atom. The molecular weight excluding hydrogens is 134 g/mol. The van der Waals surface area contributed by atoms with Gasteiger partial charge in [-0.1, -0.05) is 0 Å². The van der Waals surface area contributed by atoms with Gasteiger partial charge in [-0.25, -0.2) is 4.79 Å². The number of hydrogen-bond donors (Lipinski definition) is 2. The predicted octanol–water partition coefficient (Wildman–Crippen LogP) is -1.26. The number of amides is 3. The molecule has 5 heteroatoms. The van der Waals surface area contributed by atoms with Crippen LogP contribution in [-0.4, -0.2) is 37.5 Å². The minimum absolute atomic E-state index is 0.170. The van der Waals surface area contributed by atoms with Crippen molar-refractivity contribution in [3.63, 3.8) is 0 Å². The number of imide groups is 1. The largest absolute Gasteiger partial charge is 0.351 e. The molecule has 0 aromatic carbocycles. The number of rotatable bonds is 2. The zero-order chi connectivity index (χ0) is 8.15. The Labute approximate surface area is 59.2 Å². The van der Waals surface area contributed by atoms with E-state index in [1.807, 2.05) is 5.32 Å². The number of hydrogen-bond acceptors (Lipinski definition) is 3. The Morgan fingerprint density at radius 1 is 1.50 bits per heavy atom. The lowest BCUT2D eigenvalue weighted by Gasteiger charge is -2.06. The third-order valence-corrected chi connectivity index (χ3v) is 0.722. The van der Waals surface area contributed by atoms with Crippen LogP contribution in [0.4, 0.5) is 4.79 Å². The molecule has 0 rings (SSSR count). The van der Waals surface area contributed by atoms with Gasteiger partial charge >= 0.3 is 6.03 Å². The van der Waals surface area contributed by atoms with Gasteiger partial charge in [0.05, 0.1) is 6.54 Å². The fourth-order valence-electron chi connectivity index (χ4n) is 0.464. The predicted molar refractivity (Wildman–Crippen MR) is 36.3 cm³/mol. The van der Waals surface area contributed by atoms with Crippen LogP contribution in [0.2, 0.25) is 0 Å². The number of nitrogens with zero attached hydrogens (tertiary/aromatic N) is 1. The number of nitrogens with two attached hydrogens (primary N) is 1. The van der Waals surface area contributed by atoms with Crippen LogP contribution < -0.4 is 11.1 Å². The topological polar surface area (TPSA) is 75.4 Å². The van der Waals surface area contributed by atoms with Crippen LogP contribution in [0.5, 0.6) is 0 Å². The van der Waals surface area contributed by atoms with Gasteiger partial charge in [-0.05, 0) is 14.1 Å². The number of nitrogens with one attached hydrogen (secondary N) is 1. The number of carbonyl (C=O) groups excluding carboxylic acids is 2. The molecule has 0 aliphatic carbocycles. The van der Waals surface area contributed by atoms with Crippen molar-refractivity contribution in [2.75, 3.05) is 20.6 Å². The average Bonchev–Trinajstić information content (AvgIpc) is 1.58. The van der Waals surface area contributed by atoms with Crippen molar-refractivity contribution >= 4 is 11.9 Å². The molecule has 0 aliphatic rings. The highest BCUT2D eigenvalue weighted by Crippen LogP contribution is 1.72. The molecular formula is C5H11N3O2. The molecule has 0 unspecified atom stereocenters.